The third kappa shape index (κ3) is 7.51. The van der Waals surface area contributed by atoms with Crippen LogP contribution in [0, 0.1) is 30.3 Å². The molecule has 2 aromatic carbocycles. The highest BCUT2D eigenvalue weighted by atomic mass is 35.5. The van der Waals surface area contributed by atoms with Gasteiger partial charge in [-0.05, 0) is 30.7 Å². The molecule has 1 aromatic heterocycles. The van der Waals surface area contributed by atoms with Crippen molar-refractivity contribution < 1.29 is 51.5 Å². The summed E-state index contributed by atoms with van der Waals surface area (Å²) >= 11 is 6.18. The van der Waals surface area contributed by atoms with E-state index in [4.69, 9.17) is 25.6 Å². The number of Topliss-reactive ketones (excluding diaryl/α,β-unsaturated/α-hetero) is 1. The van der Waals surface area contributed by atoms with Crippen LogP contribution in [0.15, 0.2) is 40.9 Å². The Morgan fingerprint density at radius 3 is 2.65 bits per heavy atom. The SMILES string of the molecule is Cc1cc(F)c(F)c(OCC(=O)[C@H](CC(=O)O)NC(=O)[C@H]2COCCN(C(=O)c3cc(-c4ccccc4Cl)on3)C2)c1F. The summed E-state index contributed by atoms with van der Waals surface area (Å²) in [6.45, 7) is -0.0955. The summed E-state index contributed by atoms with van der Waals surface area (Å²) in [5.41, 5.74) is 0.178. The average molecular weight is 624 g/mol. The number of rotatable bonds is 10. The quantitative estimate of drug-likeness (QED) is 0.324. The molecule has 2 atom stereocenters. The second-order valence-electron chi connectivity index (χ2n) is 9.63. The number of benzene rings is 2. The predicted molar refractivity (Wildman–Crippen MR) is 143 cm³/mol. The number of ketones is 1. The topological polar surface area (TPSA) is 148 Å². The van der Waals surface area contributed by atoms with Crippen molar-refractivity contribution in [2.24, 2.45) is 5.92 Å². The lowest BCUT2D eigenvalue weighted by molar-refractivity contribution is -0.141. The zero-order valence-corrected chi connectivity index (χ0v) is 23.3. The zero-order valence-electron chi connectivity index (χ0n) is 22.6. The molecular weight excluding hydrogens is 599 g/mol. The van der Waals surface area contributed by atoms with E-state index in [1.54, 1.807) is 24.3 Å². The highest BCUT2D eigenvalue weighted by Crippen LogP contribution is 2.29. The summed E-state index contributed by atoms with van der Waals surface area (Å²) in [6.07, 6.45) is -0.888. The van der Waals surface area contributed by atoms with Crippen LogP contribution in [-0.4, -0.2) is 77.7 Å². The number of carbonyl (C=O) groups excluding carboxylic acids is 3. The first-order valence-electron chi connectivity index (χ1n) is 12.9. The molecule has 228 valence electrons. The minimum absolute atomic E-state index is 0.0564. The first kappa shape index (κ1) is 31.5. The van der Waals surface area contributed by atoms with E-state index >= 15 is 0 Å². The maximum Gasteiger partial charge on any atom is 0.305 e. The molecule has 0 bridgehead atoms. The van der Waals surface area contributed by atoms with Crippen LogP contribution >= 0.6 is 11.6 Å². The number of carbonyl (C=O) groups is 4. The molecule has 0 saturated carbocycles. The first-order valence-corrected chi connectivity index (χ1v) is 13.2. The highest BCUT2D eigenvalue weighted by molar-refractivity contribution is 6.33. The number of carboxylic acid groups (broad SMARTS) is 1. The fraction of sp³-hybridized carbons (Fsp3) is 0.321. The Balaban J connectivity index is 1.43. The number of amides is 2. The molecule has 43 heavy (non-hydrogen) atoms. The lowest BCUT2D eigenvalue weighted by Crippen LogP contribution is -2.49. The van der Waals surface area contributed by atoms with Gasteiger partial charge in [0.2, 0.25) is 11.7 Å². The molecule has 0 aliphatic carbocycles. The van der Waals surface area contributed by atoms with Crippen molar-refractivity contribution >= 4 is 35.2 Å². The van der Waals surface area contributed by atoms with Gasteiger partial charge >= 0.3 is 5.97 Å². The van der Waals surface area contributed by atoms with Crippen LogP contribution in [0.4, 0.5) is 13.2 Å². The minimum Gasteiger partial charge on any atom is -0.481 e. The Bertz CT molecular complexity index is 1520. The van der Waals surface area contributed by atoms with E-state index in [0.717, 1.165) is 6.92 Å². The summed E-state index contributed by atoms with van der Waals surface area (Å²) in [5.74, 6) is -10.2. The van der Waals surface area contributed by atoms with Crippen molar-refractivity contribution in [3.8, 4) is 17.1 Å². The predicted octanol–water partition coefficient (Wildman–Crippen LogP) is 3.42. The maximum absolute atomic E-state index is 14.3. The van der Waals surface area contributed by atoms with Gasteiger partial charge in [-0.25, -0.2) is 8.78 Å². The molecule has 1 aliphatic rings. The molecule has 1 saturated heterocycles. The van der Waals surface area contributed by atoms with Gasteiger partial charge in [-0.3, -0.25) is 19.2 Å². The van der Waals surface area contributed by atoms with Crippen LogP contribution in [0.25, 0.3) is 11.3 Å². The molecule has 1 aliphatic heterocycles. The Kier molecular flexibility index (Phi) is 10.0. The lowest BCUT2D eigenvalue weighted by Gasteiger charge is -2.24. The lowest BCUT2D eigenvalue weighted by atomic mass is 10.1. The molecule has 0 unspecified atom stereocenters. The van der Waals surface area contributed by atoms with E-state index in [2.05, 4.69) is 10.5 Å². The van der Waals surface area contributed by atoms with Gasteiger partial charge in [-0.15, -0.1) is 0 Å². The highest BCUT2D eigenvalue weighted by Gasteiger charge is 2.33. The number of hydrogen-bond acceptors (Lipinski definition) is 8. The number of nitrogens with one attached hydrogen (secondary N) is 1. The number of aromatic nitrogens is 1. The van der Waals surface area contributed by atoms with Crippen molar-refractivity contribution in [1.82, 2.24) is 15.4 Å². The number of nitrogens with zero attached hydrogens (tertiary/aromatic N) is 2. The number of halogens is 4. The molecule has 2 amide bonds. The molecule has 2 N–H and O–H groups in total. The fourth-order valence-corrected chi connectivity index (χ4v) is 4.49. The van der Waals surface area contributed by atoms with Gasteiger partial charge < -0.3 is 29.3 Å². The van der Waals surface area contributed by atoms with Gasteiger partial charge in [-0.1, -0.05) is 28.9 Å². The van der Waals surface area contributed by atoms with Crippen molar-refractivity contribution in [3.05, 3.63) is 70.1 Å². The summed E-state index contributed by atoms with van der Waals surface area (Å²) in [7, 11) is 0. The Morgan fingerprint density at radius 2 is 1.93 bits per heavy atom. The number of hydrogen-bond donors (Lipinski definition) is 2. The molecule has 4 rings (SSSR count). The fourth-order valence-electron chi connectivity index (χ4n) is 4.26. The number of aryl methyl sites for hydroxylation is 1. The van der Waals surface area contributed by atoms with Crippen LogP contribution in [0.3, 0.4) is 0 Å². The van der Waals surface area contributed by atoms with Gasteiger partial charge in [0.15, 0.2) is 34.6 Å². The molecule has 1 fully saturated rings. The van der Waals surface area contributed by atoms with E-state index in [-0.39, 0.29) is 43.3 Å². The molecule has 0 radical (unpaired) electrons. The van der Waals surface area contributed by atoms with Gasteiger partial charge in [0.25, 0.3) is 5.91 Å². The van der Waals surface area contributed by atoms with Gasteiger partial charge in [0.05, 0.1) is 30.6 Å². The molecular formula is C28H25ClF3N3O8. The molecule has 3 aromatic rings. The van der Waals surface area contributed by atoms with Gasteiger partial charge in [0, 0.05) is 24.7 Å². The van der Waals surface area contributed by atoms with Crippen molar-refractivity contribution in [1.29, 1.82) is 0 Å². The zero-order chi connectivity index (χ0) is 31.3. The normalized spacial score (nSPS) is 15.8. The van der Waals surface area contributed by atoms with E-state index in [1.807, 2.05) is 0 Å². The maximum atomic E-state index is 14.3. The van der Waals surface area contributed by atoms with Crippen LogP contribution < -0.4 is 10.1 Å². The molecule has 15 heteroatoms. The summed E-state index contributed by atoms with van der Waals surface area (Å²) in [5, 5.41) is 15.8. The molecule has 0 spiro atoms. The second kappa shape index (κ2) is 13.7. The third-order valence-electron chi connectivity index (χ3n) is 6.53. The summed E-state index contributed by atoms with van der Waals surface area (Å²) in [4.78, 5) is 51.8. The molecule has 11 nitrogen and oxygen atoms in total. The van der Waals surface area contributed by atoms with Crippen molar-refractivity contribution in [3.63, 3.8) is 0 Å². The Morgan fingerprint density at radius 1 is 1.19 bits per heavy atom. The van der Waals surface area contributed by atoms with Crippen LogP contribution in [0.5, 0.6) is 5.75 Å². The standard InChI is InChI=1S/C28H25ClF3N3O8/c1-14-8-18(30)25(32)26(24(14)31)42-13-21(36)19(10-23(37)38)33-27(39)15-11-35(6-7-41-12-15)28(40)20-9-22(43-34-20)16-4-2-3-5-17(16)29/h2-5,8-9,15,19H,6-7,10-13H2,1H3,(H,33,39)(H,37,38)/t15-,19+/m1/s1. The number of ether oxygens (including phenoxy) is 2. The van der Waals surface area contributed by atoms with Crippen LogP contribution in [0.1, 0.15) is 22.5 Å². The third-order valence-corrected chi connectivity index (χ3v) is 6.86. The Labute approximate surface area is 247 Å². The van der Waals surface area contributed by atoms with Crippen molar-refractivity contribution in [2.45, 2.75) is 19.4 Å². The first-order chi connectivity index (χ1) is 20.5. The van der Waals surface area contributed by atoms with Gasteiger partial charge in [0.1, 0.15) is 12.6 Å². The summed E-state index contributed by atoms with van der Waals surface area (Å²) in [6, 6.07) is 7.12. The van der Waals surface area contributed by atoms with E-state index < -0.39 is 71.8 Å². The van der Waals surface area contributed by atoms with E-state index in [0.29, 0.717) is 16.7 Å². The monoisotopic (exact) mass is 623 g/mol. The number of carboxylic acids is 1. The largest absolute Gasteiger partial charge is 0.481 e. The molecule has 2 heterocycles. The smallest absolute Gasteiger partial charge is 0.305 e. The van der Waals surface area contributed by atoms with E-state index in [9.17, 15) is 37.5 Å². The number of aliphatic carboxylic acids is 1. The average Bonchev–Trinajstić information content (AvgIpc) is 3.32. The van der Waals surface area contributed by atoms with Crippen molar-refractivity contribution in [2.75, 3.05) is 32.9 Å². The van der Waals surface area contributed by atoms with Crippen LogP contribution in [-0.2, 0) is 19.1 Å². The minimum atomic E-state index is -1.67. The Hall–Kier alpha value is -4.43. The second-order valence-corrected chi connectivity index (χ2v) is 10.0. The summed E-state index contributed by atoms with van der Waals surface area (Å²) < 4.78 is 57.6. The van der Waals surface area contributed by atoms with Crippen LogP contribution in [0.2, 0.25) is 5.02 Å². The van der Waals surface area contributed by atoms with E-state index in [1.165, 1.54) is 11.0 Å². The van der Waals surface area contributed by atoms with Gasteiger partial charge in [-0.2, -0.15) is 4.39 Å².